The number of amides is 2. The van der Waals surface area contributed by atoms with Crippen LogP contribution in [-0.4, -0.2) is 34.3 Å². The number of hydrogen-bond donors (Lipinski definition) is 2. The molecule has 0 aromatic carbocycles. The van der Waals surface area contributed by atoms with Crippen LogP contribution >= 0.6 is 0 Å². The lowest BCUT2D eigenvalue weighted by atomic mass is 10.1. The highest BCUT2D eigenvalue weighted by Crippen LogP contribution is 2.18. The third-order valence-corrected chi connectivity index (χ3v) is 3.11. The third kappa shape index (κ3) is 2.58. The fourth-order valence-corrected chi connectivity index (χ4v) is 2.19. The van der Waals surface area contributed by atoms with Gasteiger partial charge in [0.15, 0.2) is 0 Å². The van der Waals surface area contributed by atoms with Crippen molar-refractivity contribution in [3.8, 4) is 0 Å². The molecule has 6 nitrogen and oxygen atoms in total. The van der Waals surface area contributed by atoms with Crippen molar-refractivity contribution in [1.29, 1.82) is 0 Å². The number of nitrogens with zero attached hydrogens (tertiary/aromatic N) is 1. The lowest BCUT2D eigenvalue weighted by Crippen LogP contribution is -2.44. The Morgan fingerprint density at radius 2 is 2.22 bits per heavy atom. The first-order valence-corrected chi connectivity index (χ1v) is 5.84. The summed E-state index contributed by atoms with van der Waals surface area (Å²) < 4.78 is 0. The second-order valence-electron chi connectivity index (χ2n) is 4.39. The van der Waals surface area contributed by atoms with Gasteiger partial charge in [0.2, 0.25) is 17.4 Å². The number of pyridine rings is 1. The number of nitrogens with one attached hydrogen (secondary N) is 1. The molecule has 0 aliphatic carbocycles. The van der Waals surface area contributed by atoms with Gasteiger partial charge in [0.1, 0.15) is 6.04 Å². The van der Waals surface area contributed by atoms with Crippen LogP contribution in [0.15, 0.2) is 23.1 Å². The van der Waals surface area contributed by atoms with Crippen molar-refractivity contribution in [2.24, 2.45) is 5.73 Å². The van der Waals surface area contributed by atoms with E-state index in [1.807, 2.05) is 0 Å². The van der Waals surface area contributed by atoms with Crippen LogP contribution < -0.4 is 11.3 Å². The highest BCUT2D eigenvalue weighted by Gasteiger charge is 2.32. The Bertz CT molecular complexity index is 503. The Hall–Kier alpha value is -2.11. The molecule has 1 aromatic rings. The van der Waals surface area contributed by atoms with Gasteiger partial charge in [-0.05, 0) is 18.4 Å². The number of nitrogens with two attached hydrogens (primary N) is 1. The molecule has 3 N–H and O–H groups in total. The van der Waals surface area contributed by atoms with Crippen LogP contribution in [0.2, 0.25) is 0 Å². The molecule has 2 rings (SSSR count). The summed E-state index contributed by atoms with van der Waals surface area (Å²) in [6.07, 6.45) is 3.10. The van der Waals surface area contributed by atoms with Crippen LogP contribution in [-0.2, 0) is 16.0 Å². The van der Waals surface area contributed by atoms with Crippen LogP contribution in [0.25, 0.3) is 0 Å². The minimum Gasteiger partial charge on any atom is -0.368 e. The fraction of sp³-hybridized carbons (Fsp3) is 0.417. The molecule has 0 spiro atoms. The summed E-state index contributed by atoms with van der Waals surface area (Å²) >= 11 is 0. The van der Waals surface area contributed by atoms with Crippen LogP contribution in [0.5, 0.6) is 0 Å². The van der Waals surface area contributed by atoms with Crippen molar-refractivity contribution in [3.05, 3.63) is 34.2 Å². The second kappa shape index (κ2) is 5.03. The Morgan fingerprint density at radius 3 is 2.83 bits per heavy atom. The summed E-state index contributed by atoms with van der Waals surface area (Å²) in [5.41, 5.74) is 5.77. The monoisotopic (exact) mass is 249 g/mol. The average Bonchev–Trinajstić information content (AvgIpc) is 2.81. The zero-order valence-electron chi connectivity index (χ0n) is 9.89. The minimum atomic E-state index is -0.486. The van der Waals surface area contributed by atoms with Crippen LogP contribution in [0.1, 0.15) is 18.4 Å². The second-order valence-corrected chi connectivity index (χ2v) is 4.39. The average molecular weight is 249 g/mol. The Labute approximate surface area is 104 Å². The molecule has 2 heterocycles. The lowest BCUT2D eigenvalue weighted by molar-refractivity contribution is -0.136. The van der Waals surface area contributed by atoms with E-state index in [2.05, 4.69) is 4.98 Å². The maximum absolute atomic E-state index is 12.0. The molecule has 1 atom stereocenters. The fourth-order valence-electron chi connectivity index (χ4n) is 2.19. The van der Waals surface area contributed by atoms with E-state index in [1.165, 1.54) is 17.2 Å². The molecule has 1 aromatic heterocycles. The summed E-state index contributed by atoms with van der Waals surface area (Å²) in [6, 6.07) is 2.49. The number of aromatic amines is 1. The molecule has 1 aliphatic rings. The molecule has 1 fully saturated rings. The highest BCUT2D eigenvalue weighted by atomic mass is 16.2. The molecule has 1 aliphatic heterocycles. The molecular weight excluding hydrogens is 234 g/mol. The summed E-state index contributed by atoms with van der Waals surface area (Å²) in [6.45, 7) is 0.565. The zero-order valence-corrected chi connectivity index (χ0v) is 9.89. The summed E-state index contributed by atoms with van der Waals surface area (Å²) in [7, 11) is 0. The van der Waals surface area contributed by atoms with E-state index in [0.717, 1.165) is 12.0 Å². The van der Waals surface area contributed by atoms with E-state index in [1.54, 1.807) is 6.07 Å². The van der Waals surface area contributed by atoms with Crippen molar-refractivity contribution in [2.75, 3.05) is 6.54 Å². The number of H-pyrrole nitrogens is 1. The molecule has 1 saturated heterocycles. The minimum absolute atomic E-state index is 0.136. The predicted molar refractivity (Wildman–Crippen MR) is 64.7 cm³/mol. The SMILES string of the molecule is NC(=O)C1CCCN1C(=O)Cc1ccc(=O)[nH]c1. The quantitative estimate of drug-likeness (QED) is 0.748. The maximum atomic E-state index is 12.0. The first-order valence-electron chi connectivity index (χ1n) is 5.84. The first-order chi connectivity index (χ1) is 8.58. The van der Waals surface area contributed by atoms with E-state index in [9.17, 15) is 14.4 Å². The standard InChI is InChI=1S/C12H15N3O3/c13-12(18)9-2-1-5-15(9)11(17)6-8-3-4-10(16)14-7-8/h3-4,7,9H,1-2,5-6H2,(H2,13,18)(H,14,16). The van der Waals surface area contributed by atoms with E-state index in [0.29, 0.717) is 13.0 Å². The normalized spacial score (nSPS) is 18.9. The van der Waals surface area contributed by atoms with E-state index in [-0.39, 0.29) is 17.9 Å². The lowest BCUT2D eigenvalue weighted by Gasteiger charge is -2.22. The Kier molecular flexibility index (Phi) is 3.45. The van der Waals surface area contributed by atoms with Crippen LogP contribution in [0, 0.1) is 0 Å². The highest BCUT2D eigenvalue weighted by molar-refractivity contribution is 5.88. The number of carbonyl (C=O) groups excluding carboxylic acids is 2. The summed E-state index contributed by atoms with van der Waals surface area (Å²) in [4.78, 5) is 38.2. The smallest absolute Gasteiger partial charge is 0.247 e. The molecule has 96 valence electrons. The van der Waals surface area contributed by atoms with Gasteiger partial charge in [-0.3, -0.25) is 14.4 Å². The van der Waals surface area contributed by atoms with Crippen molar-refractivity contribution < 1.29 is 9.59 Å². The van der Waals surface area contributed by atoms with Crippen LogP contribution in [0.4, 0.5) is 0 Å². The van der Waals surface area contributed by atoms with E-state index >= 15 is 0 Å². The molecule has 6 heteroatoms. The summed E-state index contributed by atoms with van der Waals surface area (Å²) in [5, 5.41) is 0. The molecule has 2 amide bonds. The van der Waals surface area contributed by atoms with Gasteiger partial charge in [-0.25, -0.2) is 0 Å². The van der Waals surface area contributed by atoms with Gasteiger partial charge in [0, 0.05) is 18.8 Å². The zero-order chi connectivity index (χ0) is 13.1. The molecule has 0 radical (unpaired) electrons. The molecule has 0 bridgehead atoms. The van der Waals surface area contributed by atoms with Gasteiger partial charge in [0.25, 0.3) is 0 Å². The largest absolute Gasteiger partial charge is 0.368 e. The van der Waals surface area contributed by atoms with Gasteiger partial charge < -0.3 is 15.6 Å². The summed E-state index contributed by atoms with van der Waals surface area (Å²) in [5.74, 6) is -0.592. The maximum Gasteiger partial charge on any atom is 0.247 e. The van der Waals surface area contributed by atoms with Crippen LogP contribution in [0.3, 0.4) is 0 Å². The predicted octanol–water partition coefficient (Wildman–Crippen LogP) is -0.606. The molecule has 1 unspecified atom stereocenters. The van der Waals surface area contributed by atoms with Gasteiger partial charge >= 0.3 is 0 Å². The third-order valence-electron chi connectivity index (χ3n) is 3.11. The van der Waals surface area contributed by atoms with Gasteiger partial charge in [-0.1, -0.05) is 6.07 Å². The van der Waals surface area contributed by atoms with Crippen molar-refractivity contribution in [1.82, 2.24) is 9.88 Å². The molecular formula is C12H15N3O3. The first kappa shape index (κ1) is 12.3. The van der Waals surface area contributed by atoms with Crippen molar-refractivity contribution in [3.63, 3.8) is 0 Å². The number of likely N-dealkylation sites (tertiary alicyclic amines) is 1. The number of rotatable bonds is 3. The number of carbonyl (C=O) groups is 2. The van der Waals surface area contributed by atoms with Gasteiger partial charge in [-0.2, -0.15) is 0 Å². The molecule has 18 heavy (non-hydrogen) atoms. The molecule has 0 saturated carbocycles. The van der Waals surface area contributed by atoms with Crippen molar-refractivity contribution in [2.45, 2.75) is 25.3 Å². The number of aromatic nitrogens is 1. The topological polar surface area (TPSA) is 96.3 Å². The Balaban J connectivity index is 2.05. The Morgan fingerprint density at radius 1 is 1.44 bits per heavy atom. The van der Waals surface area contributed by atoms with Crippen molar-refractivity contribution >= 4 is 11.8 Å². The van der Waals surface area contributed by atoms with Gasteiger partial charge in [-0.15, -0.1) is 0 Å². The number of hydrogen-bond acceptors (Lipinski definition) is 3. The van der Waals surface area contributed by atoms with E-state index < -0.39 is 11.9 Å². The number of primary amides is 1. The van der Waals surface area contributed by atoms with Gasteiger partial charge in [0.05, 0.1) is 6.42 Å². The van der Waals surface area contributed by atoms with E-state index in [4.69, 9.17) is 5.73 Å².